The van der Waals surface area contributed by atoms with Crippen molar-refractivity contribution in [2.75, 3.05) is 39.4 Å². The first-order valence-corrected chi connectivity index (χ1v) is 6.82. The molecule has 0 saturated carbocycles. The number of rotatable bonds is 4. The average molecular weight is 240 g/mol. The Labute approximate surface area is 104 Å². The third-order valence-corrected chi connectivity index (χ3v) is 4.08. The standard InChI is InChI=1S/C13H24N2O2/c1-2-9-17-10-12(16)15-7-4-13(5-8-15)3-6-14-11-13/h14H,2-11H2,1H3. The van der Waals surface area contributed by atoms with Gasteiger partial charge in [-0.15, -0.1) is 0 Å². The van der Waals surface area contributed by atoms with E-state index in [0.717, 1.165) is 45.4 Å². The minimum Gasteiger partial charge on any atom is -0.372 e. The lowest BCUT2D eigenvalue weighted by atomic mass is 9.78. The highest BCUT2D eigenvalue weighted by Crippen LogP contribution is 2.36. The molecule has 4 heteroatoms. The lowest BCUT2D eigenvalue weighted by molar-refractivity contribution is -0.138. The van der Waals surface area contributed by atoms with E-state index in [9.17, 15) is 4.79 Å². The summed E-state index contributed by atoms with van der Waals surface area (Å²) < 4.78 is 5.31. The number of hydrogen-bond donors (Lipinski definition) is 1. The quantitative estimate of drug-likeness (QED) is 0.746. The predicted octanol–water partition coefficient (Wildman–Crippen LogP) is 1.02. The molecule has 1 N–H and O–H groups in total. The van der Waals surface area contributed by atoms with Gasteiger partial charge in [0.15, 0.2) is 0 Å². The second-order valence-corrected chi connectivity index (χ2v) is 5.36. The zero-order valence-electron chi connectivity index (χ0n) is 10.8. The van der Waals surface area contributed by atoms with Crippen molar-refractivity contribution in [3.8, 4) is 0 Å². The van der Waals surface area contributed by atoms with Gasteiger partial charge in [-0.05, 0) is 37.6 Å². The minimum absolute atomic E-state index is 0.166. The van der Waals surface area contributed by atoms with E-state index in [1.54, 1.807) is 0 Å². The maximum atomic E-state index is 11.9. The highest BCUT2D eigenvalue weighted by Gasteiger charge is 2.37. The molecule has 0 unspecified atom stereocenters. The summed E-state index contributed by atoms with van der Waals surface area (Å²) in [6.07, 6.45) is 4.56. The maximum absolute atomic E-state index is 11.9. The van der Waals surface area contributed by atoms with Crippen LogP contribution < -0.4 is 5.32 Å². The van der Waals surface area contributed by atoms with Gasteiger partial charge >= 0.3 is 0 Å². The Hall–Kier alpha value is -0.610. The van der Waals surface area contributed by atoms with Gasteiger partial charge in [-0.1, -0.05) is 6.92 Å². The van der Waals surface area contributed by atoms with Crippen molar-refractivity contribution in [1.29, 1.82) is 0 Å². The Kier molecular flexibility index (Phi) is 4.40. The highest BCUT2D eigenvalue weighted by atomic mass is 16.5. The van der Waals surface area contributed by atoms with E-state index in [2.05, 4.69) is 12.2 Å². The van der Waals surface area contributed by atoms with Crippen LogP contribution in [0, 0.1) is 5.41 Å². The molecule has 0 radical (unpaired) electrons. The van der Waals surface area contributed by atoms with Crippen molar-refractivity contribution in [3.63, 3.8) is 0 Å². The molecule has 2 aliphatic heterocycles. The van der Waals surface area contributed by atoms with Crippen LogP contribution in [0.2, 0.25) is 0 Å². The van der Waals surface area contributed by atoms with Gasteiger partial charge in [0.05, 0.1) is 0 Å². The van der Waals surface area contributed by atoms with E-state index in [-0.39, 0.29) is 12.5 Å². The SMILES string of the molecule is CCCOCC(=O)N1CCC2(CCNC2)CC1. The zero-order chi connectivity index (χ0) is 12.1. The summed E-state index contributed by atoms with van der Waals surface area (Å²) in [5, 5.41) is 3.44. The van der Waals surface area contributed by atoms with Gasteiger partial charge in [0.1, 0.15) is 6.61 Å². The monoisotopic (exact) mass is 240 g/mol. The third-order valence-electron chi connectivity index (χ3n) is 4.08. The lowest BCUT2D eigenvalue weighted by Gasteiger charge is -2.38. The van der Waals surface area contributed by atoms with E-state index in [1.165, 1.54) is 6.42 Å². The van der Waals surface area contributed by atoms with Gasteiger partial charge < -0.3 is 15.0 Å². The van der Waals surface area contributed by atoms with Gasteiger partial charge in [-0.25, -0.2) is 0 Å². The Bertz CT molecular complexity index is 252. The molecule has 0 aliphatic carbocycles. The summed E-state index contributed by atoms with van der Waals surface area (Å²) >= 11 is 0. The Morgan fingerprint density at radius 2 is 2.12 bits per heavy atom. The molecule has 1 spiro atoms. The van der Waals surface area contributed by atoms with E-state index in [1.807, 2.05) is 4.90 Å². The molecule has 2 fully saturated rings. The van der Waals surface area contributed by atoms with E-state index >= 15 is 0 Å². The smallest absolute Gasteiger partial charge is 0.248 e. The Morgan fingerprint density at radius 1 is 1.35 bits per heavy atom. The number of carbonyl (C=O) groups is 1. The van der Waals surface area contributed by atoms with Crippen LogP contribution in [-0.4, -0.2) is 50.2 Å². The summed E-state index contributed by atoms with van der Waals surface area (Å²) in [6.45, 7) is 7.12. The lowest BCUT2D eigenvalue weighted by Crippen LogP contribution is -2.45. The molecule has 2 rings (SSSR count). The summed E-state index contributed by atoms with van der Waals surface area (Å²) in [4.78, 5) is 13.8. The van der Waals surface area contributed by atoms with Gasteiger partial charge in [0.25, 0.3) is 0 Å². The molecule has 0 aromatic heterocycles. The number of nitrogens with zero attached hydrogens (tertiary/aromatic N) is 1. The van der Waals surface area contributed by atoms with Crippen LogP contribution in [-0.2, 0) is 9.53 Å². The zero-order valence-corrected chi connectivity index (χ0v) is 10.8. The fourth-order valence-corrected chi connectivity index (χ4v) is 2.85. The minimum atomic E-state index is 0.166. The molecule has 17 heavy (non-hydrogen) atoms. The van der Waals surface area contributed by atoms with Crippen LogP contribution in [0.25, 0.3) is 0 Å². The van der Waals surface area contributed by atoms with Crippen LogP contribution >= 0.6 is 0 Å². The molecule has 2 saturated heterocycles. The maximum Gasteiger partial charge on any atom is 0.248 e. The fraction of sp³-hybridized carbons (Fsp3) is 0.923. The van der Waals surface area contributed by atoms with Crippen molar-refractivity contribution in [2.24, 2.45) is 5.41 Å². The molecular weight excluding hydrogens is 216 g/mol. The number of carbonyl (C=O) groups excluding carboxylic acids is 1. The topological polar surface area (TPSA) is 41.6 Å². The highest BCUT2D eigenvalue weighted by molar-refractivity contribution is 5.77. The molecule has 0 atom stereocenters. The molecule has 98 valence electrons. The molecule has 0 aromatic carbocycles. The average Bonchev–Trinajstić information content (AvgIpc) is 2.79. The number of ether oxygens (including phenoxy) is 1. The molecule has 0 aromatic rings. The molecule has 4 nitrogen and oxygen atoms in total. The van der Waals surface area contributed by atoms with Crippen molar-refractivity contribution in [2.45, 2.75) is 32.6 Å². The number of nitrogens with one attached hydrogen (secondary N) is 1. The normalized spacial score (nSPS) is 23.2. The molecule has 2 aliphatic rings. The van der Waals surface area contributed by atoms with E-state index < -0.39 is 0 Å². The summed E-state index contributed by atoms with van der Waals surface area (Å²) in [6, 6.07) is 0. The van der Waals surface area contributed by atoms with Gasteiger partial charge in [-0.3, -0.25) is 4.79 Å². The molecule has 1 amide bonds. The first-order chi connectivity index (χ1) is 8.26. The van der Waals surface area contributed by atoms with Gasteiger partial charge in [0.2, 0.25) is 5.91 Å². The van der Waals surface area contributed by atoms with Crippen LogP contribution in [0.15, 0.2) is 0 Å². The van der Waals surface area contributed by atoms with Crippen molar-refractivity contribution in [1.82, 2.24) is 10.2 Å². The van der Waals surface area contributed by atoms with Crippen molar-refractivity contribution >= 4 is 5.91 Å². The number of piperidine rings is 1. The van der Waals surface area contributed by atoms with Crippen molar-refractivity contribution in [3.05, 3.63) is 0 Å². The predicted molar refractivity (Wildman–Crippen MR) is 66.8 cm³/mol. The first-order valence-electron chi connectivity index (χ1n) is 6.82. The largest absolute Gasteiger partial charge is 0.372 e. The van der Waals surface area contributed by atoms with Crippen LogP contribution in [0.5, 0.6) is 0 Å². The first kappa shape index (κ1) is 12.8. The van der Waals surface area contributed by atoms with E-state index in [0.29, 0.717) is 12.0 Å². The molecule has 0 bridgehead atoms. The molecule has 2 heterocycles. The Balaban J connectivity index is 1.72. The number of likely N-dealkylation sites (tertiary alicyclic amines) is 1. The molecular formula is C13H24N2O2. The third kappa shape index (κ3) is 3.19. The Morgan fingerprint density at radius 3 is 2.71 bits per heavy atom. The summed E-state index contributed by atoms with van der Waals surface area (Å²) in [5.74, 6) is 0.166. The van der Waals surface area contributed by atoms with Crippen molar-refractivity contribution < 1.29 is 9.53 Å². The summed E-state index contributed by atoms with van der Waals surface area (Å²) in [5.41, 5.74) is 0.487. The fourth-order valence-electron chi connectivity index (χ4n) is 2.85. The van der Waals surface area contributed by atoms with Gasteiger partial charge in [-0.2, -0.15) is 0 Å². The second-order valence-electron chi connectivity index (χ2n) is 5.36. The second kappa shape index (κ2) is 5.83. The number of hydrogen-bond acceptors (Lipinski definition) is 3. The van der Waals surface area contributed by atoms with Crippen LogP contribution in [0.4, 0.5) is 0 Å². The number of amides is 1. The summed E-state index contributed by atoms with van der Waals surface area (Å²) in [7, 11) is 0. The van der Waals surface area contributed by atoms with E-state index in [4.69, 9.17) is 4.74 Å². The van der Waals surface area contributed by atoms with Gasteiger partial charge in [0, 0.05) is 26.2 Å². The van der Waals surface area contributed by atoms with Crippen LogP contribution in [0.1, 0.15) is 32.6 Å². The van der Waals surface area contributed by atoms with Crippen LogP contribution in [0.3, 0.4) is 0 Å².